The lowest BCUT2D eigenvalue weighted by Crippen LogP contribution is -2.42. The fourth-order valence-electron chi connectivity index (χ4n) is 3.39. The van der Waals surface area contributed by atoms with Crippen molar-refractivity contribution in [1.82, 2.24) is 4.98 Å². The van der Waals surface area contributed by atoms with Gasteiger partial charge in [-0.05, 0) is 56.7 Å². The summed E-state index contributed by atoms with van der Waals surface area (Å²) in [5, 5.41) is 3.22. The van der Waals surface area contributed by atoms with Gasteiger partial charge in [-0.2, -0.15) is 0 Å². The number of nitrogens with zero attached hydrogens (tertiary/aromatic N) is 1. The van der Waals surface area contributed by atoms with Crippen LogP contribution in [-0.2, 0) is 29.1 Å². The van der Waals surface area contributed by atoms with E-state index in [0.717, 1.165) is 19.3 Å². The van der Waals surface area contributed by atoms with E-state index >= 15 is 0 Å². The minimum atomic E-state index is -3.82. The first-order valence-corrected chi connectivity index (χ1v) is 12.9. The van der Waals surface area contributed by atoms with Crippen molar-refractivity contribution >= 4 is 33.5 Å². The summed E-state index contributed by atoms with van der Waals surface area (Å²) in [7, 11) is -3.82. The Bertz CT molecular complexity index is 995. The number of ether oxygens (including phenoxy) is 2. The predicted molar refractivity (Wildman–Crippen MR) is 130 cm³/mol. The molecule has 0 bridgehead atoms. The van der Waals surface area contributed by atoms with Gasteiger partial charge in [0.1, 0.15) is 5.82 Å². The summed E-state index contributed by atoms with van der Waals surface area (Å²) >= 11 is 0. The van der Waals surface area contributed by atoms with Gasteiger partial charge >= 0.3 is 11.9 Å². The van der Waals surface area contributed by atoms with E-state index in [-0.39, 0.29) is 23.9 Å². The summed E-state index contributed by atoms with van der Waals surface area (Å²) in [4.78, 5) is 29.3. The molecule has 1 atom stereocenters. The van der Waals surface area contributed by atoms with Crippen LogP contribution in [0, 0.1) is 5.92 Å². The second kappa shape index (κ2) is 13.5. The second-order valence-electron chi connectivity index (χ2n) is 7.57. The van der Waals surface area contributed by atoms with Gasteiger partial charge in [-0.1, -0.05) is 32.3 Å². The molecule has 0 saturated carbocycles. The summed E-state index contributed by atoms with van der Waals surface area (Å²) in [6.45, 7) is 5.71. The molecule has 0 aliphatic carbocycles. The number of sulfonamides is 1. The van der Waals surface area contributed by atoms with E-state index in [1.165, 1.54) is 18.3 Å². The quantitative estimate of drug-likeness (QED) is 0.231. The third-order valence-corrected chi connectivity index (χ3v) is 6.39. The molecule has 1 heterocycles. The molecule has 0 radical (unpaired) electrons. The molecule has 2 aromatic rings. The van der Waals surface area contributed by atoms with Crippen LogP contribution in [0.15, 0.2) is 53.6 Å². The number of rotatable bonds is 14. The largest absolute Gasteiger partial charge is 0.465 e. The van der Waals surface area contributed by atoms with E-state index in [1.54, 1.807) is 44.2 Å². The first-order valence-electron chi connectivity index (χ1n) is 11.5. The molecule has 186 valence electrons. The molecule has 1 aromatic carbocycles. The molecule has 0 spiro atoms. The van der Waals surface area contributed by atoms with Gasteiger partial charge in [-0.3, -0.25) is 14.3 Å². The van der Waals surface area contributed by atoms with E-state index < -0.39 is 33.9 Å². The molecule has 0 fully saturated rings. The highest BCUT2D eigenvalue weighted by atomic mass is 32.2. The average Bonchev–Trinajstić information content (AvgIpc) is 2.80. The van der Waals surface area contributed by atoms with Gasteiger partial charge in [0.25, 0.3) is 10.0 Å². The summed E-state index contributed by atoms with van der Waals surface area (Å²) < 4.78 is 38.0. The zero-order chi connectivity index (χ0) is 25.0. The number of pyridine rings is 1. The van der Waals surface area contributed by atoms with Gasteiger partial charge in [0.15, 0.2) is 5.92 Å². The van der Waals surface area contributed by atoms with Crippen LogP contribution in [0.4, 0.5) is 11.5 Å². The van der Waals surface area contributed by atoms with Crippen molar-refractivity contribution in [3.8, 4) is 0 Å². The van der Waals surface area contributed by atoms with Crippen LogP contribution in [-0.4, -0.2) is 44.6 Å². The molecule has 0 aliphatic rings. The zero-order valence-electron chi connectivity index (χ0n) is 19.8. The van der Waals surface area contributed by atoms with E-state index in [9.17, 15) is 18.0 Å². The molecule has 1 aromatic heterocycles. The topological polar surface area (TPSA) is 124 Å². The molecular weight excluding hydrogens is 458 g/mol. The number of benzene rings is 1. The van der Waals surface area contributed by atoms with Crippen molar-refractivity contribution in [2.45, 2.75) is 57.4 Å². The SMILES string of the molecule is CCCCC[C@@H](Nc1ccc(S(=O)(=O)Nc2ccccn2)cc1)C(C(=O)OCC)C(=O)OCC. The fourth-order valence-corrected chi connectivity index (χ4v) is 4.40. The standard InChI is InChI=1S/C24H33N3O6S/c1-4-7-8-11-20(22(23(28)32-5-2)24(29)33-6-3)26-18-13-15-19(16-14-18)34(30,31)27-21-12-9-10-17-25-21/h9-10,12-17,20,22,26H,4-8,11H2,1-3H3,(H,25,27)/t20-/m1/s1. The van der Waals surface area contributed by atoms with Crippen LogP contribution in [0.3, 0.4) is 0 Å². The Morgan fingerprint density at radius 1 is 0.941 bits per heavy atom. The number of anilines is 2. The molecule has 0 aliphatic heterocycles. The lowest BCUT2D eigenvalue weighted by atomic mass is 9.94. The third kappa shape index (κ3) is 8.02. The number of hydrogen-bond acceptors (Lipinski definition) is 8. The Morgan fingerprint density at radius 2 is 1.59 bits per heavy atom. The maximum atomic E-state index is 12.6. The summed E-state index contributed by atoms with van der Waals surface area (Å²) in [6.07, 6.45) is 4.74. The van der Waals surface area contributed by atoms with Crippen molar-refractivity contribution in [3.05, 3.63) is 48.7 Å². The molecule has 34 heavy (non-hydrogen) atoms. The second-order valence-corrected chi connectivity index (χ2v) is 9.26. The molecule has 10 heteroatoms. The van der Waals surface area contributed by atoms with Crippen LogP contribution >= 0.6 is 0 Å². The Balaban J connectivity index is 2.24. The van der Waals surface area contributed by atoms with Crippen LogP contribution < -0.4 is 10.0 Å². The lowest BCUT2D eigenvalue weighted by Gasteiger charge is -2.26. The first-order chi connectivity index (χ1) is 16.3. The van der Waals surface area contributed by atoms with Gasteiger partial charge in [0, 0.05) is 11.9 Å². The molecular formula is C24H33N3O6S. The number of nitrogens with one attached hydrogen (secondary N) is 2. The van der Waals surface area contributed by atoms with Crippen molar-refractivity contribution in [3.63, 3.8) is 0 Å². The van der Waals surface area contributed by atoms with Crippen LogP contribution in [0.5, 0.6) is 0 Å². The highest BCUT2D eigenvalue weighted by Gasteiger charge is 2.37. The maximum Gasteiger partial charge on any atom is 0.322 e. The minimum Gasteiger partial charge on any atom is -0.465 e. The summed E-state index contributed by atoms with van der Waals surface area (Å²) in [6, 6.07) is 10.4. The molecule has 0 saturated heterocycles. The van der Waals surface area contributed by atoms with Gasteiger partial charge in [-0.15, -0.1) is 0 Å². The molecule has 2 N–H and O–H groups in total. The number of hydrogen-bond donors (Lipinski definition) is 2. The molecule has 0 unspecified atom stereocenters. The van der Waals surface area contributed by atoms with Gasteiger partial charge in [0.2, 0.25) is 0 Å². The van der Waals surface area contributed by atoms with E-state index in [0.29, 0.717) is 12.1 Å². The Hall–Kier alpha value is -3.14. The lowest BCUT2D eigenvalue weighted by molar-refractivity contribution is -0.162. The zero-order valence-corrected chi connectivity index (χ0v) is 20.6. The third-order valence-electron chi connectivity index (χ3n) is 5.02. The summed E-state index contributed by atoms with van der Waals surface area (Å²) in [5.74, 6) is -2.21. The molecule has 2 rings (SSSR count). The van der Waals surface area contributed by atoms with E-state index in [2.05, 4.69) is 21.9 Å². The number of aromatic nitrogens is 1. The van der Waals surface area contributed by atoms with Crippen molar-refractivity contribution < 1.29 is 27.5 Å². The van der Waals surface area contributed by atoms with Crippen LogP contribution in [0.2, 0.25) is 0 Å². The minimum absolute atomic E-state index is 0.0542. The molecule has 0 amide bonds. The van der Waals surface area contributed by atoms with Crippen molar-refractivity contribution in [2.75, 3.05) is 23.3 Å². The number of esters is 2. The number of carbonyl (C=O) groups excluding carboxylic acids is 2. The Kier molecular flexibility index (Phi) is 10.8. The first kappa shape index (κ1) is 27.1. The fraction of sp³-hybridized carbons (Fsp3) is 0.458. The van der Waals surface area contributed by atoms with Gasteiger partial charge in [0.05, 0.1) is 24.2 Å². The predicted octanol–water partition coefficient (Wildman–Crippen LogP) is 3.99. The van der Waals surface area contributed by atoms with Crippen molar-refractivity contribution in [2.24, 2.45) is 5.92 Å². The highest BCUT2D eigenvalue weighted by Crippen LogP contribution is 2.23. The monoisotopic (exact) mass is 491 g/mol. The van der Waals surface area contributed by atoms with Crippen molar-refractivity contribution in [1.29, 1.82) is 0 Å². The molecule has 9 nitrogen and oxygen atoms in total. The Labute approximate surface area is 201 Å². The normalized spacial score (nSPS) is 12.1. The average molecular weight is 492 g/mol. The Morgan fingerprint density at radius 3 is 2.12 bits per heavy atom. The maximum absolute atomic E-state index is 12.6. The smallest absolute Gasteiger partial charge is 0.322 e. The van der Waals surface area contributed by atoms with E-state index in [1.807, 2.05) is 0 Å². The van der Waals surface area contributed by atoms with Gasteiger partial charge < -0.3 is 14.8 Å². The van der Waals surface area contributed by atoms with Gasteiger partial charge in [-0.25, -0.2) is 13.4 Å². The highest BCUT2D eigenvalue weighted by molar-refractivity contribution is 7.92. The number of carbonyl (C=O) groups is 2. The summed E-state index contributed by atoms with van der Waals surface area (Å²) in [5.41, 5.74) is 0.567. The number of unbranched alkanes of at least 4 members (excludes halogenated alkanes) is 2. The van der Waals surface area contributed by atoms with E-state index in [4.69, 9.17) is 9.47 Å². The van der Waals surface area contributed by atoms with Crippen LogP contribution in [0.25, 0.3) is 0 Å². The van der Waals surface area contributed by atoms with Crippen LogP contribution in [0.1, 0.15) is 46.5 Å².